The molecule has 1 fully saturated rings. The first-order chi connectivity index (χ1) is 21.6. The van der Waals surface area contributed by atoms with E-state index < -0.39 is 44.6 Å². The van der Waals surface area contributed by atoms with Crippen molar-refractivity contribution in [1.29, 1.82) is 0 Å². The molecule has 45 heavy (non-hydrogen) atoms. The molecule has 1 atom stereocenters. The number of aromatic nitrogens is 1. The van der Waals surface area contributed by atoms with Crippen LogP contribution >= 0.6 is 11.3 Å². The van der Waals surface area contributed by atoms with Crippen molar-refractivity contribution in [3.05, 3.63) is 83.1 Å². The number of sulfone groups is 1. The summed E-state index contributed by atoms with van der Waals surface area (Å²) in [5, 5.41) is 6.00. The van der Waals surface area contributed by atoms with Crippen molar-refractivity contribution in [1.82, 2.24) is 15.6 Å². The van der Waals surface area contributed by atoms with Gasteiger partial charge < -0.3 is 20.1 Å². The van der Waals surface area contributed by atoms with E-state index in [-0.39, 0.29) is 36.4 Å². The number of thiazole rings is 1. The minimum atomic E-state index is -4.11. The highest BCUT2D eigenvalue weighted by molar-refractivity contribution is 7.92. The second-order valence-corrected chi connectivity index (χ2v) is 13.7. The third-order valence-corrected chi connectivity index (χ3v) is 10.0. The largest absolute Gasteiger partial charge is 0.444 e. The second-order valence-electron chi connectivity index (χ2n) is 10.4. The van der Waals surface area contributed by atoms with Crippen molar-refractivity contribution in [2.45, 2.75) is 30.7 Å². The Bertz CT molecular complexity index is 1790. The first kappa shape index (κ1) is 32.0. The Morgan fingerprint density at radius 1 is 1.07 bits per heavy atom. The molecule has 0 saturated heterocycles. The SMILES string of the molecule is COCCS(=O)(=O)C(C(=O)NCC(=O)NC1CC1)c1nc2cc(-c3ccc(NC(=O)OCc4ccccc4)cc3)c(F)cc2s1. The van der Waals surface area contributed by atoms with E-state index in [0.29, 0.717) is 21.5 Å². The molecule has 1 aromatic heterocycles. The van der Waals surface area contributed by atoms with E-state index in [1.165, 1.54) is 19.2 Å². The number of amides is 3. The van der Waals surface area contributed by atoms with Crippen molar-refractivity contribution in [2.24, 2.45) is 0 Å². The fourth-order valence-electron chi connectivity index (χ4n) is 4.42. The number of rotatable bonds is 13. The van der Waals surface area contributed by atoms with E-state index in [1.54, 1.807) is 24.3 Å². The third kappa shape index (κ3) is 8.41. The topological polar surface area (TPSA) is 153 Å². The molecule has 4 aromatic rings. The normalized spacial score (nSPS) is 13.6. The van der Waals surface area contributed by atoms with Gasteiger partial charge in [0.05, 0.1) is 29.1 Å². The number of nitrogens with one attached hydrogen (secondary N) is 3. The number of anilines is 1. The Hall–Kier alpha value is -4.40. The molecule has 1 saturated carbocycles. The maximum Gasteiger partial charge on any atom is 0.411 e. The Morgan fingerprint density at radius 3 is 2.49 bits per heavy atom. The zero-order chi connectivity index (χ0) is 32.0. The van der Waals surface area contributed by atoms with Gasteiger partial charge in [0.2, 0.25) is 11.8 Å². The molecule has 236 valence electrons. The molecule has 1 aliphatic carbocycles. The summed E-state index contributed by atoms with van der Waals surface area (Å²) >= 11 is 0.885. The molecule has 3 N–H and O–H groups in total. The van der Waals surface area contributed by atoms with Gasteiger partial charge in [-0.15, -0.1) is 11.3 Å². The molecule has 1 heterocycles. The molecule has 0 spiro atoms. The van der Waals surface area contributed by atoms with Crippen LogP contribution in [0, 0.1) is 5.82 Å². The summed E-state index contributed by atoms with van der Waals surface area (Å²) in [4.78, 5) is 41.9. The number of hydrogen-bond donors (Lipinski definition) is 3. The fourth-order valence-corrected chi connectivity index (χ4v) is 7.37. The quantitative estimate of drug-likeness (QED) is 0.193. The average Bonchev–Trinajstić information content (AvgIpc) is 3.75. The van der Waals surface area contributed by atoms with Gasteiger partial charge >= 0.3 is 6.09 Å². The van der Waals surface area contributed by atoms with Crippen molar-refractivity contribution in [2.75, 3.05) is 31.3 Å². The highest BCUT2D eigenvalue weighted by Gasteiger charge is 2.37. The molecular weight excluding hydrogens is 623 g/mol. The lowest BCUT2D eigenvalue weighted by molar-refractivity contribution is -0.126. The van der Waals surface area contributed by atoms with E-state index in [0.717, 1.165) is 29.7 Å². The van der Waals surface area contributed by atoms with Crippen LogP contribution in [0.5, 0.6) is 0 Å². The summed E-state index contributed by atoms with van der Waals surface area (Å²) in [5.41, 5.74) is 2.25. The van der Waals surface area contributed by atoms with E-state index in [2.05, 4.69) is 20.9 Å². The maximum absolute atomic E-state index is 15.3. The van der Waals surface area contributed by atoms with Crippen LogP contribution in [0.1, 0.15) is 28.7 Å². The van der Waals surface area contributed by atoms with E-state index in [9.17, 15) is 22.8 Å². The van der Waals surface area contributed by atoms with Crippen LogP contribution in [0.15, 0.2) is 66.7 Å². The molecule has 5 rings (SSSR count). The predicted octanol–water partition coefficient (Wildman–Crippen LogP) is 4.35. The third-order valence-electron chi connectivity index (χ3n) is 6.91. The number of halogens is 1. The lowest BCUT2D eigenvalue weighted by Crippen LogP contribution is -2.41. The summed E-state index contributed by atoms with van der Waals surface area (Å²) in [6.45, 7) is -0.421. The van der Waals surface area contributed by atoms with Crippen LogP contribution in [0.4, 0.5) is 14.9 Å². The molecule has 0 aliphatic heterocycles. The number of carbonyl (C=O) groups excluding carboxylic acids is 3. The molecule has 11 nitrogen and oxygen atoms in total. The molecule has 0 bridgehead atoms. The van der Waals surface area contributed by atoms with Crippen LogP contribution in [-0.2, 0) is 35.5 Å². The average molecular weight is 655 g/mol. The Kier molecular flexibility index (Phi) is 10.1. The minimum absolute atomic E-state index is 0.0497. The van der Waals surface area contributed by atoms with Crippen LogP contribution in [0.3, 0.4) is 0 Å². The number of hydrogen-bond acceptors (Lipinski definition) is 9. The van der Waals surface area contributed by atoms with Crippen molar-refractivity contribution < 1.29 is 36.7 Å². The molecular formula is C31H31FN4O7S2. The highest BCUT2D eigenvalue weighted by atomic mass is 32.2. The Labute approximate surface area is 263 Å². The lowest BCUT2D eigenvalue weighted by atomic mass is 10.0. The lowest BCUT2D eigenvalue weighted by Gasteiger charge is -2.15. The second kappa shape index (κ2) is 14.1. The van der Waals surface area contributed by atoms with Crippen LogP contribution in [0.25, 0.3) is 21.3 Å². The van der Waals surface area contributed by atoms with Gasteiger partial charge in [-0.05, 0) is 48.2 Å². The predicted molar refractivity (Wildman–Crippen MR) is 168 cm³/mol. The van der Waals surface area contributed by atoms with Gasteiger partial charge in [0.15, 0.2) is 15.1 Å². The van der Waals surface area contributed by atoms with Crippen LogP contribution < -0.4 is 16.0 Å². The van der Waals surface area contributed by atoms with Gasteiger partial charge in [-0.25, -0.2) is 22.6 Å². The standard InChI is InChI=1S/C31H31FN4O7S2/c1-42-13-14-45(40,41)28(29(38)33-17-27(37)34-21-11-12-21)30-36-25-15-23(24(32)16-26(25)44-30)20-7-9-22(10-8-20)35-31(39)43-18-19-5-3-2-4-6-19/h2-10,15-16,21,28H,11-14,17-18H2,1H3,(H,33,38)(H,34,37)(H,35,39). The van der Waals surface area contributed by atoms with Crippen molar-refractivity contribution in [3.63, 3.8) is 0 Å². The number of benzene rings is 3. The van der Waals surface area contributed by atoms with Crippen LogP contribution in [0.2, 0.25) is 0 Å². The van der Waals surface area contributed by atoms with E-state index in [4.69, 9.17) is 9.47 Å². The van der Waals surface area contributed by atoms with E-state index >= 15 is 4.39 Å². The Balaban J connectivity index is 1.33. The van der Waals surface area contributed by atoms with Gasteiger partial charge in [-0.1, -0.05) is 42.5 Å². The molecule has 1 aliphatic rings. The Morgan fingerprint density at radius 2 is 1.80 bits per heavy atom. The van der Waals surface area contributed by atoms with Crippen molar-refractivity contribution >= 4 is 55.0 Å². The van der Waals surface area contributed by atoms with E-state index in [1.807, 2.05) is 30.3 Å². The molecule has 14 heteroatoms. The molecule has 0 radical (unpaired) electrons. The number of nitrogens with zero attached hydrogens (tertiary/aromatic N) is 1. The zero-order valence-corrected chi connectivity index (χ0v) is 25.9. The summed E-state index contributed by atoms with van der Waals surface area (Å²) in [6.07, 6.45) is 1.09. The van der Waals surface area contributed by atoms with Gasteiger partial charge in [-0.2, -0.15) is 0 Å². The molecule has 1 unspecified atom stereocenters. The summed E-state index contributed by atoms with van der Waals surface area (Å²) in [7, 11) is -2.77. The maximum atomic E-state index is 15.3. The smallest absolute Gasteiger partial charge is 0.411 e. The van der Waals surface area contributed by atoms with Gasteiger partial charge in [0, 0.05) is 24.4 Å². The monoisotopic (exact) mass is 654 g/mol. The molecule has 3 amide bonds. The van der Waals surface area contributed by atoms with Crippen molar-refractivity contribution in [3.8, 4) is 11.1 Å². The number of ether oxygens (including phenoxy) is 2. The first-order valence-electron chi connectivity index (χ1n) is 14.1. The van der Waals surface area contributed by atoms with Gasteiger partial charge in [-0.3, -0.25) is 14.9 Å². The zero-order valence-electron chi connectivity index (χ0n) is 24.2. The van der Waals surface area contributed by atoms with Crippen LogP contribution in [-0.4, -0.2) is 63.4 Å². The highest BCUT2D eigenvalue weighted by Crippen LogP contribution is 2.35. The number of fused-ring (bicyclic) bond motifs is 1. The first-order valence-corrected chi connectivity index (χ1v) is 16.6. The fraction of sp³-hybridized carbons (Fsp3) is 0.290. The number of carbonyl (C=O) groups is 3. The summed E-state index contributed by atoms with van der Waals surface area (Å²) in [6, 6.07) is 18.4. The minimum Gasteiger partial charge on any atom is -0.444 e. The van der Waals surface area contributed by atoms with Gasteiger partial charge in [0.1, 0.15) is 17.4 Å². The summed E-state index contributed by atoms with van der Waals surface area (Å²) in [5.74, 6) is -2.35. The molecule has 3 aromatic carbocycles. The van der Waals surface area contributed by atoms with Gasteiger partial charge in [0.25, 0.3) is 0 Å². The summed E-state index contributed by atoms with van der Waals surface area (Å²) < 4.78 is 52.2. The number of methoxy groups -OCH3 is 1.